The van der Waals surface area contributed by atoms with E-state index in [2.05, 4.69) is 0 Å². The Bertz CT molecular complexity index is 703. The fraction of sp³-hybridized carbons (Fsp3) is 0.750. The lowest BCUT2D eigenvalue weighted by molar-refractivity contribution is -0.201. The fourth-order valence-electron chi connectivity index (χ4n) is 6.63. The number of alkyl halides is 1. The van der Waals surface area contributed by atoms with Crippen molar-refractivity contribution in [3.05, 3.63) is 22.8 Å². The van der Waals surface area contributed by atoms with Gasteiger partial charge in [-0.25, -0.2) is 4.39 Å². The van der Waals surface area contributed by atoms with E-state index in [9.17, 15) is 15.0 Å². The summed E-state index contributed by atoms with van der Waals surface area (Å²) in [5.41, 5.74) is -2.78. The minimum Gasteiger partial charge on any atom is -0.392 e. The van der Waals surface area contributed by atoms with Crippen LogP contribution in [0.5, 0.6) is 0 Å². The van der Waals surface area contributed by atoms with E-state index in [1.165, 1.54) is 6.08 Å². The van der Waals surface area contributed by atoms with Crippen molar-refractivity contribution < 1.29 is 19.4 Å². The van der Waals surface area contributed by atoms with Crippen molar-refractivity contribution in [1.29, 1.82) is 0 Å². The molecule has 138 valence electrons. The number of fused-ring (bicyclic) bond motifs is 5. The van der Waals surface area contributed by atoms with Gasteiger partial charge in [-0.3, -0.25) is 4.79 Å². The van der Waals surface area contributed by atoms with Crippen LogP contribution in [0.2, 0.25) is 0 Å². The molecule has 8 atom stereocenters. The Kier molecular flexibility index (Phi) is 3.66. The Morgan fingerprint density at radius 3 is 2.64 bits per heavy atom. The number of carbonyl (C=O) groups is 1. The van der Waals surface area contributed by atoms with Crippen molar-refractivity contribution in [3.8, 4) is 0 Å². The lowest BCUT2D eigenvalue weighted by Gasteiger charge is -2.61. The topological polar surface area (TPSA) is 57.5 Å². The van der Waals surface area contributed by atoms with E-state index in [0.717, 1.165) is 6.42 Å². The quantitative estimate of drug-likeness (QED) is 0.687. The van der Waals surface area contributed by atoms with E-state index in [0.29, 0.717) is 18.4 Å². The molecule has 5 heteroatoms. The van der Waals surface area contributed by atoms with Crippen LogP contribution in [0.1, 0.15) is 46.5 Å². The second-order valence-corrected chi connectivity index (χ2v) is 9.47. The summed E-state index contributed by atoms with van der Waals surface area (Å²) >= 11 is 6.25. The molecule has 0 bridgehead atoms. The molecular formula is C20H26ClFO3. The fourth-order valence-corrected chi connectivity index (χ4v) is 6.99. The molecule has 4 rings (SSSR count). The highest BCUT2D eigenvalue weighted by atomic mass is 35.5. The number of aliphatic hydroxyl groups excluding tert-OH is 2. The summed E-state index contributed by atoms with van der Waals surface area (Å²) in [6, 6.07) is 0. The number of aliphatic hydroxyl groups is 2. The maximum atomic E-state index is 16.7. The zero-order chi connectivity index (χ0) is 18.4. The highest BCUT2D eigenvalue weighted by molar-refractivity contribution is 6.45. The van der Waals surface area contributed by atoms with Crippen molar-refractivity contribution in [2.45, 2.75) is 64.3 Å². The summed E-state index contributed by atoms with van der Waals surface area (Å²) in [6.45, 7) is 5.77. The van der Waals surface area contributed by atoms with Crippen molar-refractivity contribution in [3.63, 3.8) is 0 Å². The molecule has 25 heavy (non-hydrogen) atoms. The van der Waals surface area contributed by atoms with Crippen molar-refractivity contribution in [1.82, 2.24) is 0 Å². The lowest BCUT2D eigenvalue weighted by atomic mass is 9.46. The molecular weight excluding hydrogens is 343 g/mol. The third kappa shape index (κ3) is 1.91. The largest absolute Gasteiger partial charge is 0.392 e. The highest BCUT2D eigenvalue weighted by Gasteiger charge is 2.71. The molecule has 0 aromatic heterocycles. The van der Waals surface area contributed by atoms with Crippen molar-refractivity contribution in [2.75, 3.05) is 0 Å². The zero-order valence-electron chi connectivity index (χ0n) is 14.9. The average Bonchev–Trinajstić information content (AvgIpc) is 2.77. The van der Waals surface area contributed by atoms with E-state index in [1.807, 2.05) is 13.8 Å². The summed E-state index contributed by atoms with van der Waals surface area (Å²) in [5, 5.41) is 21.8. The summed E-state index contributed by atoms with van der Waals surface area (Å²) in [6.07, 6.45) is 3.37. The predicted molar refractivity (Wildman–Crippen MR) is 93.7 cm³/mol. The van der Waals surface area contributed by atoms with Crippen LogP contribution in [0.15, 0.2) is 22.8 Å². The smallest absolute Gasteiger partial charge is 0.196 e. The molecule has 0 unspecified atom stereocenters. The minimum atomic E-state index is -1.87. The molecule has 0 aromatic carbocycles. The van der Waals surface area contributed by atoms with Gasteiger partial charge in [0.15, 0.2) is 11.5 Å². The van der Waals surface area contributed by atoms with Crippen LogP contribution in [0.4, 0.5) is 4.39 Å². The van der Waals surface area contributed by atoms with Gasteiger partial charge >= 0.3 is 0 Å². The lowest BCUT2D eigenvalue weighted by Crippen LogP contribution is -2.67. The Morgan fingerprint density at radius 1 is 1.28 bits per heavy atom. The zero-order valence-corrected chi connectivity index (χ0v) is 15.7. The molecule has 3 saturated carbocycles. The summed E-state index contributed by atoms with van der Waals surface area (Å²) < 4.78 is 16.7. The van der Waals surface area contributed by atoms with Crippen LogP contribution >= 0.6 is 11.6 Å². The Labute approximate surface area is 152 Å². The highest BCUT2D eigenvalue weighted by Crippen LogP contribution is 2.68. The standard InChI is InChI=1S/C20H26ClFO3/c1-10-8-13-11-4-5-12-16(21)14(23)6-7-19(12,3)20(11,22)15(24)9-18(13,2)17(10)25/h6-7,10-11,13,15,17,24-25H,4-5,8-9H2,1-3H3/t10-,11-,13-,15-,17+,18-,19-,20-/m0/s1. The van der Waals surface area contributed by atoms with Crippen LogP contribution in [0.25, 0.3) is 0 Å². The third-order valence-electron chi connectivity index (χ3n) is 8.01. The van der Waals surface area contributed by atoms with Crippen LogP contribution in [0, 0.1) is 28.6 Å². The van der Waals surface area contributed by atoms with Crippen LogP contribution in [-0.2, 0) is 4.79 Å². The van der Waals surface area contributed by atoms with Gasteiger partial charge in [0.2, 0.25) is 0 Å². The first-order valence-electron chi connectivity index (χ1n) is 9.25. The Hall–Kier alpha value is -0.710. The summed E-state index contributed by atoms with van der Waals surface area (Å²) in [4.78, 5) is 12.0. The SMILES string of the molecule is C[C@H]1C[C@H]2[C@@H]3CCC4=C(Cl)C(=O)C=C[C@]4(C)[C@@]3(F)[C@@H](O)C[C@]2(C)[C@@H]1O. The summed E-state index contributed by atoms with van der Waals surface area (Å²) in [5.74, 6) is -0.511. The van der Waals surface area contributed by atoms with Crippen LogP contribution in [-0.4, -0.2) is 33.9 Å². The number of hydrogen-bond donors (Lipinski definition) is 2. The summed E-state index contributed by atoms with van der Waals surface area (Å²) in [7, 11) is 0. The molecule has 0 amide bonds. The van der Waals surface area contributed by atoms with Gasteiger partial charge in [-0.1, -0.05) is 31.5 Å². The molecule has 0 aliphatic heterocycles. The van der Waals surface area contributed by atoms with Crippen molar-refractivity contribution in [2.24, 2.45) is 28.6 Å². The minimum absolute atomic E-state index is 0.0223. The van der Waals surface area contributed by atoms with Crippen LogP contribution in [0.3, 0.4) is 0 Å². The van der Waals surface area contributed by atoms with Gasteiger partial charge in [-0.15, -0.1) is 0 Å². The molecule has 2 N–H and O–H groups in total. The first-order chi connectivity index (χ1) is 11.6. The first-order valence-corrected chi connectivity index (χ1v) is 9.63. The van der Waals surface area contributed by atoms with Crippen molar-refractivity contribution >= 4 is 17.4 Å². The average molecular weight is 369 g/mol. The molecule has 4 aliphatic rings. The number of hydrogen-bond acceptors (Lipinski definition) is 3. The maximum absolute atomic E-state index is 16.7. The Morgan fingerprint density at radius 2 is 1.96 bits per heavy atom. The van der Waals surface area contributed by atoms with Crippen LogP contribution < -0.4 is 0 Å². The molecule has 0 spiro atoms. The molecule has 4 aliphatic carbocycles. The first kappa shape index (κ1) is 17.7. The third-order valence-corrected chi connectivity index (χ3v) is 8.42. The van der Waals surface area contributed by atoms with Gasteiger partial charge in [0.05, 0.1) is 17.2 Å². The van der Waals surface area contributed by atoms with E-state index in [4.69, 9.17) is 11.6 Å². The maximum Gasteiger partial charge on any atom is 0.196 e. The van der Waals surface area contributed by atoms with Gasteiger partial charge in [-0.2, -0.15) is 0 Å². The monoisotopic (exact) mass is 368 g/mol. The molecule has 0 heterocycles. The van der Waals surface area contributed by atoms with E-state index in [1.54, 1.807) is 13.0 Å². The molecule has 3 nitrogen and oxygen atoms in total. The van der Waals surface area contributed by atoms with Gasteiger partial charge in [0.1, 0.15) is 0 Å². The number of carbonyl (C=O) groups excluding carboxylic acids is 1. The van der Waals surface area contributed by atoms with E-state index < -0.39 is 28.7 Å². The molecule has 3 fully saturated rings. The van der Waals surface area contributed by atoms with Gasteiger partial charge in [0.25, 0.3) is 0 Å². The number of allylic oxidation sites excluding steroid dienone is 4. The second kappa shape index (κ2) is 5.17. The van der Waals surface area contributed by atoms with Gasteiger partial charge in [-0.05, 0) is 61.5 Å². The number of halogens is 2. The Balaban J connectivity index is 1.85. The molecule has 0 radical (unpaired) electrons. The van der Waals surface area contributed by atoms with E-state index >= 15 is 4.39 Å². The normalized spacial score (nSPS) is 55.0. The van der Waals surface area contributed by atoms with E-state index in [-0.39, 0.29) is 35.0 Å². The molecule has 0 aromatic rings. The van der Waals surface area contributed by atoms with Gasteiger partial charge < -0.3 is 10.2 Å². The number of ketones is 1. The predicted octanol–water partition coefficient (Wildman–Crippen LogP) is 3.53. The molecule has 0 saturated heterocycles. The second-order valence-electron chi connectivity index (χ2n) is 9.10. The van der Waals surface area contributed by atoms with Gasteiger partial charge in [0, 0.05) is 11.3 Å². The number of rotatable bonds is 0.